The first kappa shape index (κ1) is 23.8. The van der Waals surface area contributed by atoms with Gasteiger partial charge in [0.05, 0.1) is 24.6 Å². The van der Waals surface area contributed by atoms with Crippen molar-refractivity contribution in [2.45, 2.75) is 89.1 Å². The van der Waals surface area contributed by atoms with Gasteiger partial charge in [-0.15, -0.1) is 0 Å². The second-order valence-electron chi connectivity index (χ2n) is 9.34. The average Bonchev–Trinajstić information content (AvgIpc) is 3.25. The Labute approximate surface area is 185 Å². The van der Waals surface area contributed by atoms with E-state index in [1.165, 1.54) is 19.3 Å². The summed E-state index contributed by atoms with van der Waals surface area (Å²) >= 11 is 0. The molecular weight excluding hydrogens is 396 g/mol. The van der Waals surface area contributed by atoms with E-state index in [0.29, 0.717) is 31.7 Å². The molecule has 174 valence electrons. The maximum absolute atomic E-state index is 13.2. The second-order valence-corrected chi connectivity index (χ2v) is 9.34. The van der Waals surface area contributed by atoms with Crippen molar-refractivity contribution >= 4 is 17.8 Å². The number of nitrogens with zero attached hydrogens (tertiary/aromatic N) is 1. The molecule has 1 aliphatic carbocycles. The van der Waals surface area contributed by atoms with Gasteiger partial charge in [-0.1, -0.05) is 44.3 Å². The summed E-state index contributed by atoms with van der Waals surface area (Å²) in [5.41, 5.74) is 0. The third kappa shape index (κ3) is 7.34. The molecule has 7 nitrogen and oxygen atoms in total. The summed E-state index contributed by atoms with van der Waals surface area (Å²) in [6.07, 6.45) is 13.8. The third-order valence-corrected chi connectivity index (χ3v) is 6.94. The van der Waals surface area contributed by atoms with Gasteiger partial charge in [-0.2, -0.15) is 0 Å². The molecule has 7 heteroatoms. The Morgan fingerprint density at radius 1 is 1.13 bits per heavy atom. The molecule has 0 radical (unpaired) electrons. The Kier molecular flexibility index (Phi) is 9.37. The molecule has 2 N–H and O–H groups in total. The van der Waals surface area contributed by atoms with Crippen LogP contribution in [0.1, 0.15) is 77.0 Å². The number of amides is 2. The van der Waals surface area contributed by atoms with Crippen molar-refractivity contribution in [2.75, 3.05) is 19.8 Å². The van der Waals surface area contributed by atoms with E-state index in [0.717, 1.165) is 32.1 Å². The second kappa shape index (κ2) is 12.2. The normalized spacial score (nSPS) is 29.1. The van der Waals surface area contributed by atoms with E-state index in [4.69, 9.17) is 4.74 Å². The number of likely N-dealkylation sites (tertiary alicyclic amines) is 1. The summed E-state index contributed by atoms with van der Waals surface area (Å²) in [4.78, 5) is 39.8. The number of esters is 1. The van der Waals surface area contributed by atoms with Crippen LogP contribution in [0.5, 0.6) is 0 Å². The fourth-order valence-electron chi connectivity index (χ4n) is 5.12. The van der Waals surface area contributed by atoms with Crippen LogP contribution in [0.2, 0.25) is 0 Å². The van der Waals surface area contributed by atoms with Gasteiger partial charge in [0.25, 0.3) is 0 Å². The average molecular weight is 435 g/mol. The minimum atomic E-state index is -0.451. The molecule has 2 amide bonds. The van der Waals surface area contributed by atoms with Gasteiger partial charge < -0.3 is 20.1 Å². The number of carbonyl (C=O) groups excluding carboxylic acids is 3. The third-order valence-electron chi connectivity index (χ3n) is 6.94. The largest absolute Gasteiger partial charge is 0.463 e. The Hall–Kier alpha value is -1.89. The zero-order valence-electron chi connectivity index (χ0n) is 18.6. The van der Waals surface area contributed by atoms with E-state index in [9.17, 15) is 19.5 Å². The molecule has 2 aliphatic heterocycles. The van der Waals surface area contributed by atoms with Crippen molar-refractivity contribution in [3.63, 3.8) is 0 Å². The van der Waals surface area contributed by atoms with E-state index in [-0.39, 0.29) is 49.5 Å². The summed E-state index contributed by atoms with van der Waals surface area (Å²) in [6.45, 7) is 0.815. The Morgan fingerprint density at radius 3 is 2.71 bits per heavy atom. The highest BCUT2D eigenvalue weighted by atomic mass is 16.5. The van der Waals surface area contributed by atoms with Crippen molar-refractivity contribution < 1.29 is 24.2 Å². The van der Waals surface area contributed by atoms with Crippen LogP contribution in [-0.2, 0) is 19.1 Å². The van der Waals surface area contributed by atoms with Gasteiger partial charge in [-0.25, -0.2) is 0 Å². The topological polar surface area (TPSA) is 95.9 Å². The Bertz CT molecular complexity index is 644. The standard InChI is InChI=1S/C24H38N2O5/c27-16-21-11-7-13-26(21)22(28)15-19-10-5-2-6-12-23(29)31-17-20(25-24(19)30)14-18-8-3-1-4-9-18/h2,5,18-21,27H,1,3-4,6-17H2,(H,25,30)/t19-,20+,21+/m1/s1. The number of nitrogens with one attached hydrogen (secondary N) is 1. The summed E-state index contributed by atoms with van der Waals surface area (Å²) in [6, 6.07) is -0.339. The molecule has 0 aromatic heterocycles. The molecule has 2 fully saturated rings. The zero-order chi connectivity index (χ0) is 22.1. The van der Waals surface area contributed by atoms with Crippen molar-refractivity contribution in [1.82, 2.24) is 10.2 Å². The predicted octanol–water partition coefficient (Wildman–Crippen LogP) is 2.71. The SMILES string of the molecule is O=C1CCC=CC[C@H](CC(=O)N2CCC[C@H]2CO)C(=O)N[C@@H](CC2CCCCC2)CO1. The van der Waals surface area contributed by atoms with Crippen molar-refractivity contribution in [3.8, 4) is 0 Å². The van der Waals surface area contributed by atoms with Gasteiger partial charge in [-0.3, -0.25) is 14.4 Å². The fourth-order valence-corrected chi connectivity index (χ4v) is 5.12. The molecule has 31 heavy (non-hydrogen) atoms. The number of hydrogen-bond donors (Lipinski definition) is 2. The number of aliphatic hydroxyl groups is 1. The van der Waals surface area contributed by atoms with E-state index in [1.807, 2.05) is 12.2 Å². The van der Waals surface area contributed by atoms with E-state index >= 15 is 0 Å². The number of rotatable bonds is 5. The molecule has 0 aromatic carbocycles. The van der Waals surface area contributed by atoms with Crippen LogP contribution in [0.3, 0.4) is 0 Å². The molecule has 3 aliphatic rings. The van der Waals surface area contributed by atoms with Crippen molar-refractivity contribution in [2.24, 2.45) is 11.8 Å². The maximum atomic E-state index is 13.2. The first-order chi connectivity index (χ1) is 15.1. The smallest absolute Gasteiger partial charge is 0.306 e. The fraction of sp³-hybridized carbons (Fsp3) is 0.792. The van der Waals surface area contributed by atoms with E-state index < -0.39 is 5.92 Å². The molecule has 1 saturated heterocycles. The highest BCUT2D eigenvalue weighted by molar-refractivity contribution is 5.86. The van der Waals surface area contributed by atoms with Crippen LogP contribution in [0.15, 0.2) is 12.2 Å². The zero-order valence-corrected chi connectivity index (χ0v) is 18.6. The van der Waals surface area contributed by atoms with Crippen molar-refractivity contribution in [3.05, 3.63) is 12.2 Å². The lowest BCUT2D eigenvalue weighted by atomic mass is 9.84. The number of allylic oxidation sites excluding steroid dienone is 2. The minimum absolute atomic E-state index is 0.0304. The van der Waals surface area contributed by atoms with Crippen LogP contribution in [-0.4, -0.2) is 59.6 Å². The monoisotopic (exact) mass is 434 g/mol. The number of carbonyl (C=O) groups is 3. The summed E-state index contributed by atoms with van der Waals surface area (Å²) in [5.74, 6) is -0.347. The molecule has 3 rings (SSSR count). The Morgan fingerprint density at radius 2 is 1.94 bits per heavy atom. The molecule has 0 aromatic rings. The van der Waals surface area contributed by atoms with Gasteiger partial charge in [0.1, 0.15) is 6.61 Å². The first-order valence-electron chi connectivity index (χ1n) is 12.1. The lowest BCUT2D eigenvalue weighted by Gasteiger charge is -2.29. The molecule has 1 saturated carbocycles. The van der Waals surface area contributed by atoms with Crippen LogP contribution in [0.4, 0.5) is 0 Å². The van der Waals surface area contributed by atoms with Crippen LogP contribution in [0, 0.1) is 11.8 Å². The van der Waals surface area contributed by atoms with Crippen LogP contribution in [0.25, 0.3) is 0 Å². The lowest BCUT2D eigenvalue weighted by molar-refractivity contribution is -0.145. The minimum Gasteiger partial charge on any atom is -0.463 e. The molecule has 2 heterocycles. The van der Waals surface area contributed by atoms with E-state index in [2.05, 4.69) is 5.32 Å². The molecular formula is C24H38N2O5. The van der Waals surface area contributed by atoms with E-state index in [1.54, 1.807) is 4.90 Å². The van der Waals surface area contributed by atoms with Crippen molar-refractivity contribution in [1.29, 1.82) is 0 Å². The highest BCUT2D eigenvalue weighted by Gasteiger charge is 2.32. The lowest BCUT2D eigenvalue weighted by Crippen LogP contribution is -2.45. The molecule has 0 unspecified atom stereocenters. The van der Waals surface area contributed by atoms with Crippen LogP contribution >= 0.6 is 0 Å². The van der Waals surface area contributed by atoms with Gasteiger partial charge >= 0.3 is 5.97 Å². The Balaban J connectivity index is 1.66. The highest BCUT2D eigenvalue weighted by Crippen LogP contribution is 2.28. The number of cyclic esters (lactones) is 1. The quantitative estimate of drug-likeness (QED) is 0.512. The van der Waals surface area contributed by atoms with Gasteiger partial charge in [0.15, 0.2) is 0 Å². The number of aliphatic hydroxyl groups excluding tert-OH is 1. The molecule has 3 atom stereocenters. The summed E-state index contributed by atoms with van der Waals surface area (Å²) in [7, 11) is 0. The van der Waals surface area contributed by atoms with Gasteiger partial charge in [0, 0.05) is 19.4 Å². The van der Waals surface area contributed by atoms with Crippen LogP contribution < -0.4 is 5.32 Å². The number of ether oxygens (including phenoxy) is 1. The summed E-state index contributed by atoms with van der Waals surface area (Å²) in [5, 5.41) is 12.6. The van der Waals surface area contributed by atoms with Gasteiger partial charge in [0.2, 0.25) is 11.8 Å². The molecule has 0 spiro atoms. The predicted molar refractivity (Wildman–Crippen MR) is 117 cm³/mol. The number of hydrogen-bond acceptors (Lipinski definition) is 5. The maximum Gasteiger partial charge on any atom is 0.306 e. The van der Waals surface area contributed by atoms with Gasteiger partial charge in [-0.05, 0) is 38.0 Å². The summed E-state index contributed by atoms with van der Waals surface area (Å²) < 4.78 is 5.45. The first-order valence-corrected chi connectivity index (χ1v) is 12.1. The molecule has 0 bridgehead atoms.